The second-order valence-electron chi connectivity index (χ2n) is 7.80. The lowest BCUT2D eigenvalue weighted by Gasteiger charge is -2.31. The molecule has 4 rings (SSSR count). The number of benzene rings is 2. The number of aldehydes is 1. The van der Waals surface area contributed by atoms with E-state index in [0.717, 1.165) is 17.2 Å². The van der Waals surface area contributed by atoms with E-state index in [0.29, 0.717) is 11.8 Å². The molecule has 0 bridgehead atoms. The van der Waals surface area contributed by atoms with Crippen LogP contribution >= 0.6 is 0 Å². The van der Waals surface area contributed by atoms with Crippen LogP contribution in [0.4, 0.5) is 0 Å². The van der Waals surface area contributed by atoms with Crippen molar-refractivity contribution in [3.63, 3.8) is 0 Å². The van der Waals surface area contributed by atoms with Gasteiger partial charge in [-0.25, -0.2) is 0 Å². The van der Waals surface area contributed by atoms with Gasteiger partial charge in [0.1, 0.15) is 0 Å². The van der Waals surface area contributed by atoms with Gasteiger partial charge in [0.2, 0.25) is 0 Å². The molecule has 0 atom stereocenters. The molecule has 1 heteroatoms. The highest BCUT2D eigenvalue weighted by Gasteiger charge is 2.27. The molecule has 2 saturated carbocycles. The number of rotatable bonds is 3. The summed E-state index contributed by atoms with van der Waals surface area (Å²) in [5.41, 5.74) is 3.94. The van der Waals surface area contributed by atoms with Gasteiger partial charge in [0.25, 0.3) is 0 Å². The smallest absolute Gasteiger partial charge is 0.150 e. The van der Waals surface area contributed by atoms with E-state index < -0.39 is 0 Å². The first-order valence-corrected chi connectivity index (χ1v) is 9.89. The number of fused-ring (bicyclic) bond motifs is 1. The highest BCUT2D eigenvalue weighted by molar-refractivity contribution is 6.00. The van der Waals surface area contributed by atoms with Gasteiger partial charge in [-0.3, -0.25) is 4.79 Å². The quantitative estimate of drug-likeness (QED) is 0.572. The van der Waals surface area contributed by atoms with Crippen LogP contribution in [0.25, 0.3) is 10.8 Å². The third-order valence-corrected chi connectivity index (χ3v) is 6.34. The van der Waals surface area contributed by atoms with E-state index in [1.165, 1.54) is 80.7 Å². The summed E-state index contributed by atoms with van der Waals surface area (Å²) < 4.78 is 0. The molecule has 2 aromatic rings. The minimum absolute atomic E-state index is 0.598. The molecule has 0 amide bonds. The van der Waals surface area contributed by atoms with Crippen LogP contribution in [0.15, 0.2) is 30.3 Å². The predicted octanol–water partition coefficient (Wildman–Crippen LogP) is 6.75. The van der Waals surface area contributed by atoms with Crippen molar-refractivity contribution < 1.29 is 4.79 Å². The first kappa shape index (κ1) is 15.9. The van der Waals surface area contributed by atoms with Gasteiger partial charge in [-0.1, -0.05) is 68.9 Å². The van der Waals surface area contributed by atoms with Gasteiger partial charge in [-0.15, -0.1) is 0 Å². The Morgan fingerprint density at radius 1 is 0.792 bits per heavy atom. The predicted molar refractivity (Wildman–Crippen MR) is 101 cm³/mol. The Hall–Kier alpha value is -1.63. The molecule has 24 heavy (non-hydrogen) atoms. The van der Waals surface area contributed by atoms with Crippen LogP contribution in [0.1, 0.15) is 97.5 Å². The summed E-state index contributed by atoms with van der Waals surface area (Å²) in [6, 6.07) is 10.9. The molecule has 0 N–H and O–H groups in total. The topological polar surface area (TPSA) is 17.1 Å². The van der Waals surface area contributed by atoms with E-state index in [1.54, 1.807) is 0 Å². The summed E-state index contributed by atoms with van der Waals surface area (Å²) >= 11 is 0. The van der Waals surface area contributed by atoms with Crippen LogP contribution < -0.4 is 0 Å². The zero-order valence-corrected chi connectivity index (χ0v) is 14.6. The number of carbonyl (C=O) groups is 1. The molecule has 0 spiro atoms. The van der Waals surface area contributed by atoms with Crippen molar-refractivity contribution in [2.75, 3.05) is 0 Å². The molecular formula is C23H28O. The van der Waals surface area contributed by atoms with Crippen LogP contribution in [0.5, 0.6) is 0 Å². The average Bonchev–Trinajstić information content (AvgIpc) is 2.67. The van der Waals surface area contributed by atoms with Crippen molar-refractivity contribution in [2.24, 2.45) is 0 Å². The van der Waals surface area contributed by atoms with Crippen molar-refractivity contribution in [2.45, 2.75) is 76.0 Å². The lowest BCUT2D eigenvalue weighted by atomic mass is 9.73. The Morgan fingerprint density at radius 3 is 2.08 bits per heavy atom. The number of hydrogen-bond acceptors (Lipinski definition) is 1. The molecule has 0 aromatic heterocycles. The third-order valence-electron chi connectivity index (χ3n) is 6.34. The van der Waals surface area contributed by atoms with E-state index in [9.17, 15) is 4.79 Å². The van der Waals surface area contributed by atoms with Crippen LogP contribution in [0.3, 0.4) is 0 Å². The van der Waals surface area contributed by atoms with E-state index in [1.807, 2.05) is 0 Å². The first-order chi connectivity index (χ1) is 11.9. The molecule has 2 aliphatic carbocycles. The fourth-order valence-corrected chi connectivity index (χ4v) is 5.14. The second-order valence-corrected chi connectivity index (χ2v) is 7.80. The Labute approximate surface area is 145 Å². The van der Waals surface area contributed by atoms with Gasteiger partial charge >= 0.3 is 0 Å². The maximum atomic E-state index is 12.1. The first-order valence-electron chi connectivity index (χ1n) is 9.89. The Balaban J connectivity index is 1.91. The Bertz CT molecular complexity index is 718. The van der Waals surface area contributed by atoms with Gasteiger partial charge in [-0.05, 0) is 59.4 Å². The highest BCUT2D eigenvalue weighted by Crippen LogP contribution is 2.44. The van der Waals surface area contributed by atoms with Crippen molar-refractivity contribution in [3.05, 3.63) is 47.0 Å². The van der Waals surface area contributed by atoms with Crippen molar-refractivity contribution in [1.82, 2.24) is 0 Å². The van der Waals surface area contributed by atoms with Gasteiger partial charge in [-0.2, -0.15) is 0 Å². The average molecular weight is 320 g/mol. The molecule has 0 aliphatic heterocycles. The van der Waals surface area contributed by atoms with Crippen molar-refractivity contribution in [1.29, 1.82) is 0 Å². The molecule has 0 heterocycles. The van der Waals surface area contributed by atoms with Crippen LogP contribution in [-0.2, 0) is 0 Å². The normalized spacial score (nSPS) is 20.3. The summed E-state index contributed by atoms with van der Waals surface area (Å²) in [7, 11) is 0. The second kappa shape index (κ2) is 7.09. The van der Waals surface area contributed by atoms with E-state index in [-0.39, 0.29) is 0 Å². The largest absolute Gasteiger partial charge is 0.298 e. The maximum Gasteiger partial charge on any atom is 0.150 e. The van der Waals surface area contributed by atoms with Gasteiger partial charge in [0.15, 0.2) is 6.29 Å². The lowest BCUT2D eigenvalue weighted by molar-refractivity contribution is 0.112. The van der Waals surface area contributed by atoms with Gasteiger partial charge in [0.05, 0.1) is 0 Å². The van der Waals surface area contributed by atoms with Crippen LogP contribution in [0, 0.1) is 0 Å². The standard InChI is InChI=1S/C23H28O/c24-16-22-20-14-8-7-13-19(20)15-21(17-9-3-1-4-10-17)23(22)18-11-5-2-6-12-18/h7-8,13-18H,1-6,9-12H2. The molecule has 2 fully saturated rings. The zero-order chi connectivity index (χ0) is 16.4. The van der Waals surface area contributed by atoms with Gasteiger partial charge in [0, 0.05) is 5.56 Å². The lowest BCUT2D eigenvalue weighted by Crippen LogP contribution is -2.15. The molecule has 0 unspecified atom stereocenters. The maximum absolute atomic E-state index is 12.1. The summed E-state index contributed by atoms with van der Waals surface area (Å²) in [5.74, 6) is 1.26. The summed E-state index contributed by atoms with van der Waals surface area (Å²) in [6.45, 7) is 0. The summed E-state index contributed by atoms with van der Waals surface area (Å²) in [6.07, 6.45) is 14.3. The molecular weight excluding hydrogens is 292 g/mol. The molecule has 126 valence electrons. The van der Waals surface area contributed by atoms with E-state index >= 15 is 0 Å². The van der Waals surface area contributed by atoms with Crippen LogP contribution in [-0.4, -0.2) is 6.29 Å². The fraction of sp³-hybridized carbons (Fsp3) is 0.522. The van der Waals surface area contributed by atoms with E-state index in [4.69, 9.17) is 0 Å². The minimum atomic E-state index is 0.598. The SMILES string of the molecule is O=Cc1c(C2CCCCC2)c(C2CCCCC2)cc2ccccc12. The molecule has 2 aliphatic rings. The Morgan fingerprint density at radius 2 is 1.42 bits per heavy atom. The van der Waals surface area contributed by atoms with E-state index in [2.05, 4.69) is 30.3 Å². The van der Waals surface area contributed by atoms with Crippen molar-refractivity contribution >= 4 is 17.1 Å². The molecule has 1 nitrogen and oxygen atoms in total. The number of hydrogen-bond donors (Lipinski definition) is 0. The Kier molecular flexibility index (Phi) is 4.69. The monoisotopic (exact) mass is 320 g/mol. The van der Waals surface area contributed by atoms with Crippen LogP contribution in [0.2, 0.25) is 0 Å². The fourth-order valence-electron chi connectivity index (χ4n) is 5.14. The minimum Gasteiger partial charge on any atom is -0.298 e. The molecule has 0 saturated heterocycles. The highest BCUT2D eigenvalue weighted by atomic mass is 16.1. The summed E-state index contributed by atoms with van der Waals surface area (Å²) in [4.78, 5) is 12.1. The summed E-state index contributed by atoms with van der Waals surface area (Å²) in [5, 5.41) is 2.41. The van der Waals surface area contributed by atoms with Crippen molar-refractivity contribution in [3.8, 4) is 0 Å². The zero-order valence-electron chi connectivity index (χ0n) is 14.6. The molecule has 0 radical (unpaired) electrons. The third kappa shape index (κ3) is 2.90. The van der Waals surface area contributed by atoms with Gasteiger partial charge < -0.3 is 0 Å². The molecule has 2 aromatic carbocycles. The number of carbonyl (C=O) groups excluding carboxylic acids is 1.